The third kappa shape index (κ3) is 3.85. The van der Waals surface area contributed by atoms with E-state index >= 15 is 0 Å². The molecule has 0 aliphatic rings. The molecular formula is C13H12ClN3O2S. The minimum atomic E-state index is -0.422. The van der Waals surface area contributed by atoms with Gasteiger partial charge in [-0.1, -0.05) is 23.4 Å². The van der Waals surface area contributed by atoms with Gasteiger partial charge in [-0.15, -0.1) is 0 Å². The van der Waals surface area contributed by atoms with Gasteiger partial charge in [0, 0.05) is 22.5 Å². The second-order valence-electron chi connectivity index (χ2n) is 3.89. The smallest absolute Gasteiger partial charge is 0.275 e. The van der Waals surface area contributed by atoms with Crippen molar-refractivity contribution in [1.29, 1.82) is 0 Å². The van der Waals surface area contributed by atoms with Crippen LogP contribution < -0.4 is 5.32 Å². The van der Waals surface area contributed by atoms with Crippen molar-refractivity contribution in [3.05, 3.63) is 51.5 Å². The molecule has 20 heavy (non-hydrogen) atoms. The summed E-state index contributed by atoms with van der Waals surface area (Å²) < 4.78 is 0. The molecule has 0 radical (unpaired) electrons. The first-order valence-corrected chi connectivity index (χ1v) is 7.11. The summed E-state index contributed by atoms with van der Waals surface area (Å²) in [6, 6.07) is 10.1. The second-order valence-corrected chi connectivity index (χ2v) is 5.42. The SMILES string of the molecule is CCNc1cc([N+](=O)[O-])cc(Sc2ccc(Cl)cc2)n1. The normalized spacial score (nSPS) is 10.3. The summed E-state index contributed by atoms with van der Waals surface area (Å²) in [4.78, 5) is 15.8. The highest BCUT2D eigenvalue weighted by Gasteiger charge is 2.12. The van der Waals surface area contributed by atoms with Crippen LogP contribution in [0.4, 0.5) is 11.5 Å². The molecule has 0 spiro atoms. The summed E-state index contributed by atoms with van der Waals surface area (Å²) in [5.74, 6) is 0.498. The average molecular weight is 310 g/mol. The Balaban J connectivity index is 2.29. The van der Waals surface area contributed by atoms with E-state index in [1.165, 1.54) is 23.9 Å². The number of halogens is 1. The molecule has 0 bridgehead atoms. The van der Waals surface area contributed by atoms with E-state index in [0.29, 0.717) is 22.4 Å². The Morgan fingerprint density at radius 3 is 2.65 bits per heavy atom. The van der Waals surface area contributed by atoms with Crippen LogP contribution in [0, 0.1) is 10.1 Å². The fraction of sp³-hybridized carbons (Fsp3) is 0.154. The van der Waals surface area contributed by atoms with Crippen LogP contribution in [-0.4, -0.2) is 16.5 Å². The van der Waals surface area contributed by atoms with E-state index < -0.39 is 4.92 Å². The number of rotatable bonds is 5. The van der Waals surface area contributed by atoms with Crippen LogP contribution in [0.3, 0.4) is 0 Å². The predicted octanol–water partition coefficient (Wildman–Crippen LogP) is 4.23. The lowest BCUT2D eigenvalue weighted by molar-refractivity contribution is -0.385. The van der Waals surface area contributed by atoms with E-state index in [1.54, 1.807) is 12.1 Å². The molecule has 1 N–H and O–H groups in total. The third-order valence-electron chi connectivity index (χ3n) is 2.39. The molecule has 0 unspecified atom stereocenters. The monoisotopic (exact) mass is 309 g/mol. The highest BCUT2D eigenvalue weighted by atomic mass is 35.5. The Kier molecular flexibility index (Phi) is 4.81. The number of hydrogen-bond acceptors (Lipinski definition) is 5. The predicted molar refractivity (Wildman–Crippen MR) is 80.6 cm³/mol. The molecule has 5 nitrogen and oxygen atoms in total. The molecule has 1 heterocycles. The first-order valence-electron chi connectivity index (χ1n) is 5.92. The number of anilines is 1. The number of benzene rings is 1. The molecule has 1 aromatic carbocycles. The number of nitrogens with zero attached hydrogens (tertiary/aromatic N) is 2. The lowest BCUT2D eigenvalue weighted by Gasteiger charge is -2.06. The van der Waals surface area contributed by atoms with Gasteiger partial charge in [-0.25, -0.2) is 4.98 Å². The van der Waals surface area contributed by atoms with Gasteiger partial charge in [0.1, 0.15) is 10.8 Å². The number of hydrogen-bond donors (Lipinski definition) is 1. The summed E-state index contributed by atoms with van der Waals surface area (Å²) in [7, 11) is 0. The van der Waals surface area contributed by atoms with Gasteiger partial charge < -0.3 is 5.32 Å². The highest BCUT2D eigenvalue weighted by Crippen LogP contribution is 2.30. The van der Waals surface area contributed by atoms with Crippen LogP contribution in [-0.2, 0) is 0 Å². The van der Waals surface area contributed by atoms with Gasteiger partial charge in [-0.05, 0) is 31.2 Å². The van der Waals surface area contributed by atoms with Crippen LogP contribution in [0.25, 0.3) is 0 Å². The molecule has 0 aliphatic carbocycles. The molecule has 0 amide bonds. The lowest BCUT2D eigenvalue weighted by atomic mass is 10.4. The topological polar surface area (TPSA) is 68.1 Å². The van der Waals surface area contributed by atoms with Crippen LogP contribution >= 0.6 is 23.4 Å². The van der Waals surface area contributed by atoms with Crippen molar-refractivity contribution >= 4 is 34.9 Å². The Morgan fingerprint density at radius 1 is 1.35 bits per heavy atom. The van der Waals surface area contributed by atoms with E-state index in [9.17, 15) is 10.1 Å². The quantitative estimate of drug-likeness (QED) is 0.661. The lowest BCUT2D eigenvalue weighted by Crippen LogP contribution is -2.01. The van der Waals surface area contributed by atoms with Crippen molar-refractivity contribution in [3.63, 3.8) is 0 Å². The molecule has 0 atom stereocenters. The van der Waals surface area contributed by atoms with Crippen LogP contribution in [0.15, 0.2) is 46.3 Å². The van der Waals surface area contributed by atoms with E-state index in [0.717, 1.165) is 4.90 Å². The molecule has 2 aromatic rings. The summed E-state index contributed by atoms with van der Waals surface area (Å²) in [6.45, 7) is 2.56. The molecule has 0 aliphatic heterocycles. The summed E-state index contributed by atoms with van der Waals surface area (Å²) >= 11 is 7.18. The number of aromatic nitrogens is 1. The van der Waals surface area contributed by atoms with E-state index in [1.807, 2.05) is 19.1 Å². The zero-order valence-electron chi connectivity index (χ0n) is 10.7. The average Bonchev–Trinajstić information content (AvgIpc) is 2.41. The van der Waals surface area contributed by atoms with E-state index in [2.05, 4.69) is 10.3 Å². The summed E-state index contributed by atoms with van der Waals surface area (Å²) in [5.41, 5.74) is 0.0208. The Labute approximate surface area is 125 Å². The first kappa shape index (κ1) is 14.6. The van der Waals surface area contributed by atoms with Gasteiger partial charge in [0.2, 0.25) is 0 Å². The standard InChI is InChI=1S/C13H12ClN3O2S/c1-2-15-12-7-10(17(18)19)8-13(16-12)20-11-5-3-9(14)4-6-11/h3-8H,2H2,1H3,(H,15,16). The van der Waals surface area contributed by atoms with E-state index in [-0.39, 0.29) is 5.69 Å². The van der Waals surface area contributed by atoms with Crippen molar-refractivity contribution in [1.82, 2.24) is 4.98 Å². The van der Waals surface area contributed by atoms with E-state index in [4.69, 9.17) is 11.6 Å². The van der Waals surface area contributed by atoms with Gasteiger partial charge >= 0.3 is 0 Å². The third-order valence-corrected chi connectivity index (χ3v) is 3.57. The number of nitro groups is 1. The van der Waals surface area contributed by atoms with Gasteiger partial charge in [-0.2, -0.15) is 0 Å². The first-order chi connectivity index (χ1) is 9.58. The van der Waals surface area contributed by atoms with Crippen molar-refractivity contribution in [2.75, 3.05) is 11.9 Å². The molecule has 0 saturated carbocycles. The Bertz CT molecular complexity index is 620. The molecule has 104 valence electrons. The largest absolute Gasteiger partial charge is 0.370 e. The minimum Gasteiger partial charge on any atom is -0.370 e. The fourth-order valence-corrected chi connectivity index (χ4v) is 2.51. The maximum atomic E-state index is 10.9. The molecule has 1 aromatic heterocycles. The van der Waals surface area contributed by atoms with Gasteiger partial charge in [-0.3, -0.25) is 10.1 Å². The fourth-order valence-electron chi connectivity index (χ4n) is 1.54. The van der Waals surface area contributed by atoms with Crippen LogP contribution in [0.1, 0.15) is 6.92 Å². The number of nitrogens with one attached hydrogen (secondary N) is 1. The molecule has 2 rings (SSSR count). The van der Waals surface area contributed by atoms with Crippen molar-refractivity contribution < 1.29 is 4.92 Å². The molecular weight excluding hydrogens is 298 g/mol. The highest BCUT2D eigenvalue weighted by molar-refractivity contribution is 7.99. The Hall–Kier alpha value is -1.79. The van der Waals surface area contributed by atoms with Crippen molar-refractivity contribution in [2.24, 2.45) is 0 Å². The summed E-state index contributed by atoms with van der Waals surface area (Å²) in [5, 5.41) is 15.1. The van der Waals surface area contributed by atoms with Crippen LogP contribution in [0.5, 0.6) is 0 Å². The van der Waals surface area contributed by atoms with Gasteiger partial charge in [0.05, 0.1) is 11.0 Å². The molecule has 7 heteroatoms. The zero-order chi connectivity index (χ0) is 14.5. The van der Waals surface area contributed by atoms with Gasteiger partial charge in [0.15, 0.2) is 0 Å². The maximum absolute atomic E-state index is 10.9. The van der Waals surface area contributed by atoms with Gasteiger partial charge in [0.25, 0.3) is 5.69 Å². The van der Waals surface area contributed by atoms with Crippen molar-refractivity contribution in [3.8, 4) is 0 Å². The maximum Gasteiger partial charge on any atom is 0.275 e. The van der Waals surface area contributed by atoms with Crippen molar-refractivity contribution in [2.45, 2.75) is 16.8 Å². The minimum absolute atomic E-state index is 0.0208. The molecule has 0 fully saturated rings. The molecule has 0 saturated heterocycles. The summed E-state index contributed by atoms with van der Waals surface area (Å²) in [6.07, 6.45) is 0. The second kappa shape index (κ2) is 6.58. The zero-order valence-corrected chi connectivity index (χ0v) is 12.2. The number of pyridine rings is 1. The van der Waals surface area contributed by atoms with Crippen LogP contribution in [0.2, 0.25) is 5.02 Å². The Morgan fingerprint density at radius 2 is 2.05 bits per heavy atom.